The molecule has 9 nitrogen and oxygen atoms in total. The average molecular weight is 449 g/mol. The number of aryl methyl sites for hydroxylation is 1. The topological polar surface area (TPSA) is 111 Å². The number of hydrogen-bond acceptors (Lipinski definition) is 9. The van der Waals surface area contributed by atoms with Crippen LogP contribution in [0.3, 0.4) is 0 Å². The predicted octanol–water partition coefficient (Wildman–Crippen LogP) is 4.36. The lowest BCUT2D eigenvalue weighted by Crippen LogP contribution is -2.13. The van der Waals surface area contributed by atoms with Crippen LogP contribution in [0, 0.1) is 6.92 Å². The molecule has 1 amide bonds. The minimum absolute atomic E-state index is 0.113. The SMILES string of the molecule is COc1ccc(Oc2nc(C)nc(Nc3ncc(CC(=O)Nc4ccccc4)s3)n2)cc1. The van der Waals surface area contributed by atoms with E-state index in [1.807, 2.05) is 30.3 Å². The zero-order chi connectivity index (χ0) is 22.3. The second-order valence-electron chi connectivity index (χ2n) is 6.61. The van der Waals surface area contributed by atoms with Gasteiger partial charge in [-0.05, 0) is 43.3 Å². The molecule has 4 aromatic rings. The summed E-state index contributed by atoms with van der Waals surface area (Å²) >= 11 is 1.35. The number of aromatic nitrogens is 4. The van der Waals surface area contributed by atoms with Gasteiger partial charge in [-0.15, -0.1) is 11.3 Å². The number of nitrogens with one attached hydrogen (secondary N) is 2. The van der Waals surface area contributed by atoms with Crippen molar-refractivity contribution in [3.63, 3.8) is 0 Å². The fraction of sp³-hybridized carbons (Fsp3) is 0.136. The van der Waals surface area contributed by atoms with Gasteiger partial charge in [0.15, 0.2) is 5.13 Å². The Morgan fingerprint density at radius 1 is 1.00 bits per heavy atom. The van der Waals surface area contributed by atoms with Crippen LogP contribution >= 0.6 is 11.3 Å². The van der Waals surface area contributed by atoms with E-state index in [1.54, 1.807) is 44.5 Å². The molecular formula is C22H20N6O3S. The van der Waals surface area contributed by atoms with Crippen molar-refractivity contribution < 1.29 is 14.3 Å². The number of nitrogens with zero attached hydrogens (tertiary/aromatic N) is 4. The van der Waals surface area contributed by atoms with Crippen molar-refractivity contribution in [2.75, 3.05) is 17.7 Å². The number of carbonyl (C=O) groups excluding carboxylic acids is 1. The van der Waals surface area contributed by atoms with Gasteiger partial charge in [-0.25, -0.2) is 4.98 Å². The lowest BCUT2D eigenvalue weighted by molar-refractivity contribution is -0.115. The monoisotopic (exact) mass is 448 g/mol. The van der Waals surface area contributed by atoms with Gasteiger partial charge in [-0.3, -0.25) is 10.1 Å². The first-order valence-corrected chi connectivity index (χ1v) is 10.5. The largest absolute Gasteiger partial charge is 0.497 e. The van der Waals surface area contributed by atoms with Crippen LogP contribution in [-0.2, 0) is 11.2 Å². The molecular weight excluding hydrogens is 428 g/mol. The van der Waals surface area contributed by atoms with Crippen molar-refractivity contribution in [1.82, 2.24) is 19.9 Å². The Bertz CT molecular complexity index is 1200. The number of rotatable bonds is 8. The molecule has 2 aromatic heterocycles. The van der Waals surface area contributed by atoms with E-state index < -0.39 is 0 Å². The van der Waals surface area contributed by atoms with Crippen LogP contribution in [0.4, 0.5) is 16.8 Å². The number of methoxy groups -OCH3 is 1. The van der Waals surface area contributed by atoms with Crippen molar-refractivity contribution >= 4 is 34.0 Å². The lowest BCUT2D eigenvalue weighted by Gasteiger charge is -2.07. The number of benzene rings is 2. The molecule has 0 aliphatic heterocycles. The normalized spacial score (nSPS) is 10.4. The Hall–Kier alpha value is -4.05. The highest BCUT2D eigenvalue weighted by Crippen LogP contribution is 2.25. The maximum Gasteiger partial charge on any atom is 0.327 e. The maximum absolute atomic E-state index is 12.2. The number of thiazole rings is 1. The highest BCUT2D eigenvalue weighted by molar-refractivity contribution is 7.15. The first kappa shape index (κ1) is 21.2. The number of para-hydroxylation sites is 1. The predicted molar refractivity (Wildman–Crippen MR) is 122 cm³/mol. The molecule has 0 spiro atoms. The molecule has 2 aromatic carbocycles. The van der Waals surface area contributed by atoms with Gasteiger partial charge in [0.1, 0.15) is 17.3 Å². The molecule has 162 valence electrons. The van der Waals surface area contributed by atoms with Crippen molar-refractivity contribution in [3.8, 4) is 17.5 Å². The second-order valence-corrected chi connectivity index (χ2v) is 7.73. The van der Waals surface area contributed by atoms with Crippen molar-refractivity contribution in [1.29, 1.82) is 0 Å². The van der Waals surface area contributed by atoms with Crippen molar-refractivity contribution in [2.45, 2.75) is 13.3 Å². The molecule has 0 saturated carbocycles. The quantitative estimate of drug-likeness (QED) is 0.409. The van der Waals surface area contributed by atoms with E-state index >= 15 is 0 Å². The fourth-order valence-corrected chi connectivity index (χ4v) is 3.54. The summed E-state index contributed by atoms with van der Waals surface area (Å²) in [4.78, 5) is 30.1. The van der Waals surface area contributed by atoms with E-state index in [0.717, 1.165) is 16.3 Å². The van der Waals surface area contributed by atoms with Gasteiger partial charge in [-0.2, -0.15) is 15.0 Å². The van der Waals surface area contributed by atoms with Gasteiger partial charge in [0.2, 0.25) is 11.9 Å². The van der Waals surface area contributed by atoms with Gasteiger partial charge in [0, 0.05) is 16.8 Å². The Morgan fingerprint density at radius 2 is 1.75 bits per heavy atom. The molecule has 0 aliphatic rings. The van der Waals surface area contributed by atoms with E-state index in [0.29, 0.717) is 22.7 Å². The van der Waals surface area contributed by atoms with Crippen molar-refractivity contribution in [3.05, 3.63) is 71.5 Å². The second kappa shape index (κ2) is 9.84. The van der Waals surface area contributed by atoms with Crippen LogP contribution in [0.2, 0.25) is 0 Å². The molecule has 4 rings (SSSR count). The molecule has 0 radical (unpaired) electrons. The van der Waals surface area contributed by atoms with Gasteiger partial charge in [-0.1, -0.05) is 18.2 Å². The molecule has 2 N–H and O–H groups in total. The van der Waals surface area contributed by atoms with Crippen molar-refractivity contribution in [2.24, 2.45) is 0 Å². The van der Waals surface area contributed by atoms with E-state index in [-0.39, 0.29) is 18.3 Å². The molecule has 0 fully saturated rings. The van der Waals surface area contributed by atoms with Crippen LogP contribution in [0.5, 0.6) is 17.5 Å². The lowest BCUT2D eigenvalue weighted by atomic mass is 10.3. The molecule has 32 heavy (non-hydrogen) atoms. The maximum atomic E-state index is 12.2. The van der Waals surface area contributed by atoms with Crippen LogP contribution in [-0.4, -0.2) is 33.0 Å². The van der Waals surface area contributed by atoms with E-state index in [9.17, 15) is 4.79 Å². The summed E-state index contributed by atoms with van der Waals surface area (Å²) in [6, 6.07) is 16.6. The summed E-state index contributed by atoms with van der Waals surface area (Å²) in [6.45, 7) is 1.74. The number of hydrogen-bond donors (Lipinski definition) is 2. The first-order chi connectivity index (χ1) is 15.6. The third kappa shape index (κ3) is 5.76. The van der Waals surface area contributed by atoms with E-state index in [1.165, 1.54) is 11.3 Å². The summed E-state index contributed by atoms with van der Waals surface area (Å²) in [6.07, 6.45) is 1.87. The van der Waals surface area contributed by atoms with Crippen LogP contribution in [0.1, 0.15) is 10.7 Å². The van der Waals surface area contributed by atoms with E-state index in [4.69, 9.17) is 9.47 Å². The molecule has 0 saturated heterocycles. The number of anilines is 3. The standard InChI is InChI=1S/C22H20N6O3S/c1-14-24-20(27-21(25-14)31-17-10-8-16(30-2)9-11-17)28-22-23-13-18(32-22)12-19(29)26-15-6-4-3-5-7-15/h3-11,13H,12H2,1-2H3,(H,26,29)(H,23,24,25,27,28). The highest BCUT2D eigenvalue weighted by atomic mass is 32.1. The first-order valence-electron chi connectivity index (χ1n) is 9.68. The molecule has 0 bridgehead atoms. The molecule has 0 atom stereocenters. The Kier molecular flexibility index (Phi) is 6.52. The number of ether oxygens (including phenoxy) is 2. The smallest absolute Gasteiger partial charge is 0.327 e. The summed E-state index contributed by atoms with van der Waals surface area (Å²) in [5, 5.41) is 6.47. The summed E-state index contributed by atoms with van der Waals surface area (Å²) in [7, 11) is 1.60. The minimum atomic E-state index is -0.113. The Balaban J connectivity index is 1.39. The third-order valence-corrected chi connectivity index (χ3v) is 5.07. The minimum Gasteiger partial charge on any atom is -0.497 e. The number of amides is 1. The number of carbonyl (C=O) groups is 1. The molecule has 0 aliphatic carbocycles. The summed E-state index contributed by atoms with van der Waals surface area (Å²) < 4.78 is 10.9. The van der Waals surface area contributed by atoms with Gasteiger partial charge in [0.05, 0.1) is 13.5 Å². The third-order valence-electron chi connectivity index (χ3n) is 4.16. The van der Waals surface area contributed by atoms with Crippen LogP contribution in [0.25, 0.3) is 0 Å². The zero-order valence-corrected chi connectivity index (χ0v) is 18.2. The summed E-state index contributed by atoms with van der Waals surface area (Å²) in [5.74, 6) is 1.98. The van der Waals surface area contributed by atoms with E-state index in [2.05, 4.69) is 30.6 Å². The van der Waals surface area contributed by atoms with Gasteiger partial charge < -0.3 is 14.8 Å². The van der Waals surface area contributed by atoms with Crippen LogP contribution < -0.4 is 20.1 Å². The molecule has 0 unspecified atom stereocenters. The zero-order valence-electron chi connectivity index (χ0n) is 17.4. The van der Waals surface area contributed by atoms with Gasteiger partial charge in [0.25, 0.3) is 0 Å². The highest BCUT2D eigenvalue weighted by Gasteiger charge is 2.11. The van der Waals surface area contributed by atoms with Crippen LogP contribution in [0.15, 0.2) is 60.8 Å². The average Bonchev–Trinajstić information content (AvgIpc) is 3.21. The Morgan fingerprint density at radius 3 is 2.50 bits per heavy atom. The summed E-state index contributed by atoms with van der Waals surface area (Å²) in [5.41, 5.74) is 0.755. The van der Waals surface area contributed by atoms with Gasteiger partial charge >= 0.3 is 6.01 Å². The molecule has 10 heteroatoms. The Labute approximate surface area is 188 Å². The molecule has 2 heterocycles. The fourth-order valence-electron chi connectivity index (χ4n) is 2.74.